The van der Waals surface area contributed by atoms with Crippen molar-refractivity contribution in [1.29, 1.82) is 0 Å². The molecule has 0 heterocycles. The van der Waals surface area contributed by atoms with Gasteiger partial charge >= 0.3 is 37.7 Å². The summed E-state index contributed by atoms with van der Waals surface area (Å²) < 4.78 is 0. The van der Waals surface area contributed by atoms with Crippen LogP contribution in [0.5, 0.6) is 0 Å². The van der Waals surface area contributed by atoms with Crippen molar-refractivity contribution in [3.63, 3.8) is 0 Å². The van der Waals surface area contributed by atoms with Gasteiger partial charge in [-0.05, 0) is 0 Å². The Balaban J connectivity index is 0. The standard InChI is InChI=1S/Al.Ca.Fe.4H2O.5H/h;;;4*1H2;;;;;. The van der Waals surface area contributed by atoms with Gasteiger partial charge in [0.1, 0.15) is 0 Å². The summed E-state index contributed by atoms with van der Waals surface area (Å²) in [5, 5.41) is 0. The smallest absolute Gasteiger partial charge is 0 e. The predicted molar refractivity (Wildman–Crippen MR) is 32.9 cm³/mol. The van der Waals surface area contributed by atoms with Crippen LogP contribution in [0.25, 0.3) is 0 Å². The van der Waals surface area contributed by atoms with Crippen LogP contribution in [0.4, 0.5) is 0 Å². The SMILES string of the molecule is O.O.O.O.[AlH3].[CaH2].[Fe]. The molecule has 0 amide bonds. The summed E-state index contributed by atoms with van der Waals surface area (Å²) in [5.41, 5.74) is 0. The topological polar surface area (TPSA) is 126 Å². The molecule has 4 nitrogen and oxygen atoms in total. The Morgan fingerprint density at radius 1 is 0.571 bits per heavy atom. The second kappa shape index (κ2) is 90.1. The molecular weight excluding hydrogens is 187 g/mol. The minimum atomic E-state index is 0. The van der Waals surface area contributed by atoms with E-state index in [-0.39, 0.29) is 94.1 Å². The van der Waals surface area contributed by atoms with Gasteiger partial charge in [0.25, 0.3) is 0 Å². The van der Waals surface area contributed by atoms with Crippen LogP contribution in [0.3, 0.4) is 0 Å². The zero-order chi connectivity index (χ0) is 0. The van der Waals surface area contributed by atoms with Crippen LogP contribution in [-0.2, 0) is 17.1 Å². The van der Waals surface area contributed by atoms with E-state index in [9.17, 15) is 0 Å². The first-order chi connectivity index (χ1) is 0. The number of hydrogen-bond donors (Lipinski definition) is 0. The van der Waals surface area contributed by atoms with Gasteiger partial charge in [-0.3, -0.25) is 0 Å². The van der Waals surface area contributed by atoms with E-state index < -0.39 is 0 Å². The molecule has 0 rings (SSSR count). The minimum Gasteiger partial charge on any atom is 0 e. The predicted octanol–water partition coefficient (Wildman–Crippen LogP) is -5.40. The Morgan fingerprint density at radius 3 is 0.571 bits per heavy atom. The molecule has 0 saturated heterocycles. The molecule has 0 fully saturated rings. The van der Waals surface area contributed by atoms with Crippen LogP contribution in [0, 0.1) is 0 Å². The van der Waals surface area contributed by atoms with Crippen LogP contribution in [-0.4, -0.2) is 77.0 Å². The summed E-state index contributed by atoms with van der Waals surface area (Å²) in [6.45, 7) is 0. The molecule has 7 heavy (non-hydrogen) atoms. The molecule has 50 valence electrons. The zero-order valence-electron chi connectivity index (χ0n) is 2.35. The third-order valence-corrected chi connectivity index (χ3v) is 0. The summed E-state index contributed by atoms with van der Waals surface area (Å²) >= 11 is 0. The van der Waals surface area contributed by atoms with Crippen LogP contribution < -0.4 is 0 Å². The molecule has 0 aromatic rings. The molecule has 0 unspecified atom stereocenters. The molecule has 0 spiro atoms. The fourth-order valence-corrected chi connectivity index (χ4v) is 0. The average Bonchev–Trinajstić information content (AvgIpc) is 0. The molecule has 0 aliphatic heterocycles. The molecule has 0 aliphatic rings. The first-order valence-corrected chi connectivity index (χ1v) is 0. The maximum Gasteiger partial charge on any atom is 0 e. The van der Waals surface area contributed by atoms with Crippen LogP contribution in [0.15, 0.2) is 0 Å². The molecule has 7 heteroatoms. The summed E-state index contributed by atoms with van der Waals surface area (Å²) in [6.07, 6.45) is 0. The maximum absolute atomic E-state index is 0. The first kappa shape index (κ1) is 131. The molecule has 0 aromatic carbocycles. The Labute approximate surface area is 92.9 Å². The van der Waals surface area contributed by atoms with Crippen molar-refractivity contribution in [2.24, 2.45) is 0 Å². The molecule has 0 radical (unpaired) electrons. The van der Waals surface area contributed by atoms with Crippen LogP contribution in [0.2, 0.25) is 0 Å². The summed E-state index contributed by atoms with van der Waals surface area (Å²) in [6, 6.07) is 0. The van der Waals surface area contributed by atoms with Crippen LogP contribution in [0.1, 0.15) is 0 Å². The Bertz CT molecular complexity index is 11.7. The van der Waals surface area contributed by atoms with Crippen molar-refractivity contribution in [3.05, 3.63) is 0 Å². The Morgan fingerprint density at radius 2 is 0.571 bits per heavy atom. The third kappa shape index (κ3) is 66.6. The van der Waals surface area contributed by atoms with Crippen molar-refractivity contribution in [2.45, 2.75) is 0 Å². The summed E-state index contributed by atoms with van der Waals surface area (Å²) in [4.78, 5) is 0. The monoisotopic (exact) mass is 200 g/mol. The van der Waals surface area contributed by atoms with Crippen molar-refractivity contribution in [1.82, 2.24) is 0 Å². The third-order valence-electron chi connectivity index (χ3n) is 0. The van der Waals surface area contributed by atoms with Crippen molar-refractivity contribution in [3.8, 4) is 0 Å². The van der Waals surface area contributed by atoms with Crippen molar-refractivity contribution >= 4 is 55.1 Å². The van der Waals surface area contributed by atoms with Gasteiger partial charge < -0.3 is 21.9 Å². The Hall–Kier alpha value is 2.15. The second-order valence-electron chi connectivity index (χ2n) is 0. The Kier molecular flexibility index (Phi) is 1690. The van der Waals surface area contributed by atoms with E-state index in [2.05, 4.69) is 0 Å². The molecule has 8 N–H and O–H groups in total. The van der Waals surface area contributed by atoms with Crippen molar-refractivity contribution < 1.29 is 39.0 Å². The van der Waals surface area contributed by atoms with E-state index in [0.717, 1.165) is 0 Å². The van der Waals surface area contributed by atoms with Gasteiger partial charge in [0.05, 0.1) is 0 Å². The van der Waals surface area contributed by atoms with Gasteiger partial charge in [-0.15, -0.1) is 0 Å². The second-order valence-corrected chi connectivity index (χ2v) is 0. The average molecular weight is 200 g/mol. The summed E-state index contributed by atoms with van der Waals surface area (Å²) in [5.74, 6) is 0. The molecule has 0 aliphatic carbocycles. The van der Waals surface area contributed by atoms with E-state index >= 15 is 0 Å². The largest absolute Gasteiger partial charge is 0 e. The van der Waals surface area contributed by atoms with E-state index in [4.69, 9.17) is 0 Å². The van der Waals surface area contributed by atoms with Gasteiger partial charge in [-0.1, -0.05) is 0 Å². The number of hydrogen-bond acceptors (Lipinski definition) is 0. The molecule has 0 saturated carbocycles. The van der Waals surface area contributed by atoms with Crippen molar-refractivity contribution in [2.75, 3.05) is 0 Å². The summed E-state index contributed by atoms with van der Waals surface area (Å²) in [7, 11) is 0. The molecule has 0 bridgehead atoms. The number of rotatable bonds is 0. The van der Waals surface area contributed by atoms with Gasteiger partial charge in [-0.2, -0.15) is 0 Å². The van der Waals surface area contributed by atoms with Gasteiger partial charge in [0, 0.05) is 17.1 Å². The minimum absolute atomic E-state index is 0. The van der Waals surface area contributed by atoms with E-state index in [1.54, 1.807) is 0 Å². The quantitative estimate of drug-likeness (QED) is 0.346. The first-order valence-electron chi connectivity index (χ1n) is 0. The zero-order valence-corrected chi connectivity index (χ0v) is 3.46. The fraction of sp³-hybridized carbons (Fsp3) is 0. The van der Waals surface area contributed by atoms with E-state index in [0.29, 0.717) is 0 Å². The van der Waals surface area contributed by atoms with E-state index in [1.165, 1.54) is 0 Å². The van der Waals surface area contributed by atoms with Gasteiger partial charge in [0.2, 0.25) is 0 Å². The fourth-order valence-electron chi connectivity index (χ4n) is 0. The van der Waals surface area contributed by atoms with Crippen LogP contribution >= 0.6 is 0 Å². The maximum atomic E-state index is 0. The van der Waals surface area contributed by atoms with Gasteiger partial charge in [-0.25, -0.2) is 0 Å². The van der Waals surface area contributed by atoms with Gasteiger partial charge in [0.15, 0.2) is 17.4 Å². The molecule has 0 atom stereocenters. The normalized spacial score (nSPS) is 0. The van der Waals surface area contributed by atoms with E-state index in [1.807, 2.05) is 0 Å². The molecular formula is H13AlCaFeO4. The molecule has 0 aromatic heterocycles.